The molecule has 180 valence electrons. The molecule has 1 amide bonds. The first kappa shape index (κ1) is 24.3. The summed E-state index contributed by atoms with van der Waals surface area (Å²) in [6.07, 6.45) is 0.205. The quantitative estimate of drug-likeness (QED) is 0.530. The second-order valence-electron chi connectivity index (χ2n) is 8.95. The SMILES string of the molecule is CNC1c2cn(S(=O)(=O)c3cccc(Cl)c3)c(-c3ccccc3F)c2CN1C(=O)OC(C)(C)C. The fourth-order valence-electron chi connectivity index (χ4n) is 4.04. The van der Waals surface area contributed by atoms with E-state index < -0.39 is 33.7 Å². The van der Waals surface area contributed by atoms with E-state index in [9.17, 15) is 17.6 Å². The van der Waals surface area contributed by atoms with E-state index in [1.165, 1.54) is 47.5 Å². The number of amides is 1. The van der Waals surface area contributed by atoms with Crippen molar-refractivity contribution in [3.8, 4) is 11.3 Å². The molecule has 7 nitrogen and oxygen atoms in total. The van der Waals surface area contributed by atoms with Gasteiger partial charge in [-0.3, -0.25) is 10.2 Å². The number of hydrogen-bond acceptors (Lipinski definition) is 5. The summed E-state index contributed by atoms with van der Waals surface area (Å²) in [5.74, 6) is -0.581. The predicted octanol–water partition coefficient (Wildman–Crippen LogP) is 5.15. The van der Waals surface area contributed by atoms with Crippen LogP contribution >= 0.6 is 11.6 Å². The van der Waals surface area contributed by atoms with Gasteiger partial charge in [-0.2, -0.15) is 0 Å². The van der Waals surface area contributed by atoms with Crippen LogP contribution in [0, 0.1) is 5.82 Å². The van der Waals surface area contributed by atoms with E-state index in [0.29, 0.717) is 11.1 Å². The summed E-state index contributed by atoms with van der Waals surface area (Å²) in [5, 5.41) is 3.31. The van der Waals surface area contributed by atoms with E-state index in [2.05, 4.69) is 5.32 Å². The van der Waals surface area contributed by atoms with Gasteiger partial charge in [0.2, 0.25) is 0 Å². The number of fused-ring (bicyclic) bond motifs is 1. The Hall–Kier alpha value is -2.88. The molecule has 1 N–H and O–H groups in total. The molecule has 1 aliphatic heterocycles. The molecule has 1 aromatic heterocycles. The fourth-order valence-corrected chi connectivity index (χ4v) is 5.75. The molecule has 3 aromatic rings. The number of carbonyl (C=O) groups is 1. The topological polar surface area (TPSA) is 80.6 Å². The third kappa shape index (κ3) is 4.31. The molecule has 1 aliphatic rings. The Kier molecular flexibility index (Phi) is 6.22. The minimum absolute atomic E-state index is 0.0312. The molecule has 0 fully saturated rings. The van der Waals surface area contributed by atoms with Crippen molar-refractivity contribution in [2.45, 2.75) is 44.0 Å². The molecule has 34 heavy (non-hydrogen) atoms. The molecule has 0 bridgehead atoms. The summed E-state index contributed by atoms with van der Waals surface area (Å²) < 4.78 is 48.9. The minimum atomic E-state index is -4.13. The van der Waals surface area contributed by atoms with Gasteiger partial charge < -0.3 is 4.74 Å². The lowest BCUT2D eigenvalue weighted by molar-refractivity contribution is 0.0146. The molecule has 0 aliphatic carbocycles. The standard InChI is InChI=1S/C24H25ClFN3O4S/c1-24(2,3)33-23(30)28-13-18-19(22(28)27-4)14-29(21(18)17-10-5-6-11-20(17)26)34(31,32)16-9-7-8-15(25)12-16/h5-12,14,22,27H,13H2,1-4H3. The number of nitrogens with zero attached hydrogens (tertiary/aromatic N) is 2. The molecule has 0 spiro atoms. The van der Waals surface area contributed by atoms with Crippen molar-refractivity contribution in [1.82, 2.24) is 14.2 Å². The molecule has 0 saturated heterocycles. The van der Waals surface area contributed by atoms with Crippen LogP contribution < -0.4 is 5.32 Å². The second kappa shape index (κ2) is 8.72. The van der Waals surface area contributed by atoms with Crippen molar-refractivity contribution >= 4 is 27.7 Å². The van der Waals surface area contributed by atoms with E-state index in [4.69, 9.17) is 16.3 Å². The van der Waals surface area contributed by atoms with Crippen LogP contribution in [0.5, 0.6) is 0 Å². The van der Waals surface area contributed by atoms with Crippen molar-refractivity contribution < 1.29 is 22.3 Å². The molecule has 2 aromatic carbocycles. The van der Waals surface area contributed by atoms with Gasteiger partial charge in [-0.25, -0.2) is 21.6 Å². The first-order chi connectivity index (χ1) is 15.9. The van der Waals surface area contributed by atoms with Gasteiger partial charge in [0, 0.05) is 27.9 Å². The van der Waals surface area contributed by atoms with Gasteiger partial charge >= 0.3 is 6.09 Å². The van der Waals surface area contributed by atoms with Crippen LogP contribution in [0.15, 0.2) is 59.6 Å². The summed E-state index contributed by atoms with van der Waals surface area (Å²) in [5.41, 5.74) is 0.597. The third-order valence-corrected chi connectivity index (χ3v) is 7.32. The summed E-state index contributed by atoms with van der Waals surface area (Å²) in [6, 6.07) is 11.8. The zero-order valence-electron chi connectivity index (χ0n) is 19.2. The van der Waals surface area contributed by atoms with Crippen LogP contribution in [0.1, 0.15) is 38.1 Å². The largest absolute Gasteiger partial charge is 0.444 e. The van der Waals surface area contributed by atoms with Crippen molar-refractivity contribution in [3.63, 3.8) is 0 Å². The van der Waals surface area contributed by atoms with Gasteiger partial charge in [-0.1, -0.05) is 29.8 Å². The number of hydrogen-bond donors (Lipinski definition) is 1. The van der Waals surface area contributed by atoms with Crippen LogP contribution in [0.2, 0.25) is 5.02 Å². The van der Waals surface area contributed by atoms with Crippen LogP contribution in [0.25, 0.3) is 11.3 Å². The van der Waals surface area contributed by atoms with Gasteiger partial charge in [0.1, 0.15) is 17.6 Å². The monoisotopic (exact) mass is 505 g/mol. The first-order valence-corrected chi connectivity index (χ1v) is 12.4. The molecular formula is C24H25ClFN3O4S. The van der Waals surface area contributed by atoms with Gasteiger partial charge in [0.15, 0.2) is 0 Å². The Morgan fingerprint density at radius 2 is 1.88 bits per heavy atom. The highest BCUT2D eigenvalue weighted by Gasteiger charge is 2.41. The molecule has 2 heterocycles. The average Bonchev–Trinajstić information content (AvgIpc) is 3.29. The number of benzene rings is 2. The highest BCUT2D eigenvalue weighted by molar-refractivity contribution is 7.90. The highest BCUT2D eigenvalue weighted by atomic mass is 35.5. The normalized spacial score (nSPS) is 15.9. The number of ether oxygens (including phenoxy) is 1. The summed E-state index contributed by atoms with van der Waals surface area (Å²) in [6.45, 7) is 5.33. The number of nitrogens with one attached hydrogen (secondary N) is 1. The van der Waals surface area contributed by atoms with E-state index in [1.807, 2.05) is 0 Å². The van der Waals surface area contributed by atoms with Gasteiger partial charge in [0.05, 0.1) is 17.1 Å². The Morgan fingerprint density at radius 1 is 1.18 bits per heavy atom. The number of carbonyl (C=O) groups excluding carboxylic acids is 1. The first-order valence-electron chi connectivity index (χ1n) is 10.6. The molecule has 4 rings (SSSR count). The fraction of sp³-hybridized carbons (Fsp3) is 0.292. The predicted molar refractivity (Wildman–Crippen MR) is 127 cm³/mol. The lowest BCUT2D eigenvalue weighted by Crippen LogP contribution is -2.40. The number of aromatic nitrogens is 1. The van der Waals surface area contributed by atoms with Gasteiger partial charge in [-0.15, -0.1) is 0 Å². The molecule has 0 saturated carbocycles. The Bertz CT molecular complexity index is 1360. The van der Waals surface area contributed by atoms with Crippen LogP contribution in [-0.2, 0) is 21.3 Å². The summed E-state index contributed by atoms with van der Waals surface area (Å²) in [4.78, 5) is 14.3. The van der Waals surface area contributed by atoms with E-state index in [0.717, 1.165) is 3.97 Å². The minimum Gasteiger partial charge on any atom is -0.444 e. The average molecular weight is 506 g/mol. The molecule has 1 unspecified atom stereocenters. The molecule has 10 heteroatoms. The summed E-state index contributed by atoms with van der Waals surface area (Å²) >= 11 is 6.05. The Balaban J connectivity index is 1.92. The van der Waals surface area contributed by atoms with Crippen LogP contribution in [-0.4, -0.2) is 36.0 Å². The van der Waals surface area contributed by atoms with Gasteiger partial charge in [0.25, 0.3) is 10.0 Å². The molecule has 1 atom stereocenters. The smallest absolute Gasteiger partial charge is 0.412 e. The van der Waals surface area contributed by atoms with Crippen LogP contribution in [0.4, 0.5) is 9.18 Å². The van der Waals surface area contributed by atoms with Crippen molar-refractivity contribution in [2.24, 2.45) is 0 Å². The summed E-state index contributed by atoms with van der Waals surface area (Å²) in [7, 11) is -2.47. The zero-order chi connectivity index (χ0) is 24.8. The van der Waals surface area contributed by atoms with Gasteiger partial charge in [-0.05, 0) is 58.2 Å². The Morgan fingerprint density at radius 3 is 2.50 bits per heavy atom. The highest BCUT2D eigenvalue weighted by Crippen LogP contribution is 2.42. The van der Waals surface area contributed by atoms with E-state index in [-0.39, 0.29) is 27.7 Å². The second-order valence-corrected chi connectivity index (χ2v) is 11.2. The maximum atomic E-state index is 15.0. The Labute approximate surface area is 203 Å². The van der Waals surface area contributed by atoms with E-state index >= 15 is 0 Å². The zero-order valence-corrected chi connectivity index (χ0v) is 20.7. The van der Waals surface area contributed by atoms with Crippen molar-refractivity contribution in [2.75, 3.05) is 7.05 Å². The van der Waals surface area contributed by atoms with Crippen molar-refractivity contribution in [1.29, 1.82) is 0 Å². The van der Waals surface area contributed by atoms with Crippen LogP contribution in [0.3, 0.4) is 0 Å². The maximum absolute atomic E-state index is 15.0. The lowest BCUT2D eigenvalue weighted by Gasteiger charge is -2.29. The molecule has 0 radical (unpaired) electrons. The number of rotatable bonds is 4. The van der Waals surface area contributed by atoms with Crippen molar-refractivity contribution in [3.05, 3.63) is 76.7 Å². The third-order valence-electron chi connectivity index (χ3n) is 5.43. The number of halogens is 2. The maximum Gasteiger partial charge on any atom is 0.412 e. The molecular weight excluding hydrogens is 481 g/mol. The lowest BCUT2D eigenvalue weighted by atomic mass is 10.1. The van der Waals surface area contributed by atoms with E-state index in [1.54, 1.807) is 40.0 Å².